The van der Waals surface area contributed by atoms with Gasteiger partial charge in [-0.15, -0.1) is 0 Å². The number of anilines is 1. The van der Waals surface area contributed by atoms with E-state index >= 15 is 0 Å². The first kappa shape index (κ1) is 25.6. The molecule has 9 heteroatoms. The topological polar surface area (TPSA) is 88.4 Å². The van der Waals surface area contributed by atoms with Crippen LogP contribution in [0.4, 0.5) is 5.69 Å². The van der Waals surface area contributed by atoms with Crippen LogP contribution in [0.15, 0.2) is 66.2 Å². The molecule has 0 spiro atoms. The van der Waals surface area contributed by atoms with Crippen molar-refractivity contribution >= 4 is 69.4 Å². The standard InChI is InChI=1S/C25H17Cl2IN2O4/c1-33-25(32)17-4-8-20(9-5-17)30-24(31)18(13-29)10-16-11-21(26)23(22(27)12-16)34-14-15-2-6-19(28)7-3-15/h2-12H,14H2,1H3,(H,30,31)/b18-10+. The highest BCUT2D eigenvalue weighted by Crippen LogP contribution is 2.35. The van der Waals surface area contributed by atoms with E-state index in [0.717, 1.165) is 9.13 Å². The average molecular weight is 607 g/mol. The third-order valence-electron chi connectivity index (χ3n) is 4.56. The van der Waals surface area contributed by atoms with Crippen LogP contribution in [0.5, 0.6) is 5.75 Å². The summed E-state index contributed by atoms with van der Waals surface area (Å²) in [5, 5.41) is 12.6. The first-order chi connectivity index (χ1) is 16.3. The molecule has 0 unspecified atom stereocenters. The second-order valence-electron chi connectivity index (χ2n) is 6.92. The van der Waals surface area contributed by atoms with Crippen molar-refractivity contribution < 1.29 is 19.1 Å². The minimum Gasteiger partial charge on any atom is -0.486 e. The molecule has 3 aromatic carbocycles. The highest BCUT2D eigenvalue weighted by molar-refractivity contribution is 14.1. The molecule has 34 heavy (non-hydrogen) atoms. The summed E-state index contributed by atoms with van der Waals surface area (Å²) in [6.45, 7) is 0.284. The third-order valence-corrected chi connectivity index (χ3v) is 5.84. The van der Waals surface area contributed by atoms with Gasteiger partial charge < -0.3 is 14.8 Å². The van der Waals surface area contributed by atoms with Crippen LogP contribution in [0.25, 0.3) is 6.08 Å². The van der Waals surface area contributed by atoms with Gasteiger partial charge in [-0.25, -0.2) is 4.79 Å². The first-order valence-corrected chi connectivity index (χ1v) is 11.6. The van der Waals surface area contributed by atoms with E-state index in [1.165, 1.54) is 37.5 Å². The Kier molecular flexibility index (Phi) is 8.93. The van der Waals surface area contributed by atoms with Crippen LogP contribution in [-0.2, 0) is 16.1 Å². The van der Waals surface area contributed by atoms with Crippen LogP contribution in [0.2, 0.25) is 10.0 Å². The zero-order valence-corrected chi connectivity index (χ0v) is 21.4. The van der Waals surface area contributed by atoms with E-state index < -0.39 is 11.9 Å². The van der Waals surface area contributed by atoms with Crippen molar-refractivity contribution in [2.24, 2.45) is 0 Å². The number of esters is 1. The summed E-state index contributed by atoms with van der Waals surface area (Å²) in [4.78, 5) is 24.1. The molecular formula is C25H17Cl2IN2O4. The molecule has 0 radical (unpaired) electrons. The molecule has 0 fully saturated rings. The monoisotopic (exact) mass is 606 g/mol. The van der Waals surface area contributed by atoms with Crippen molar-refractivity contribution in [3.05, 3.63) is 96.5 Å². The van der Waals surface area contributed by atoms with Gasteiger partial charge in [-0.1, -0.05) is 35.3 Å². The van der Waals surface area contributed by atoms with Gasteiger partial charge in [-0.3, -0.25) is 4.79 Å². The zero-order chi connectivity index (χ0) is 24.7. The van der Waals surface area contributed by atoms with Crippen molar-refractivity contribution in [2.45, 2.75) is 6.61 Å². The van der Waals surface area contributed by atoms with Crippen LogP contribution in [0, 0.1) is 14.9 Å². The fourth-order valence-electron chi connectivity index (χ4n) is 2.86. The van der Waals surface area contributed by atoms with E-state index in [0.29, 0.717) is 22.6 Å². The number of hydrogen-bond donors (Lipinski definition) is 1. The second-order valence-corrected chi connectivity index (χ2v) is 8.98. The maximum Gasteiger partial charge on any atom is 0.337 e. The van der Waals surface area contributed by atoms with Crippen LogP contribution in [0.3, 0.4) is 0 Å². The Labute approximate surface area is 220 Å². The quantitative estimate of drug-likeness (QED) is 0.143. The number of carbonyl (C=O) groups is 2. The van der Waals surface area contributed by atoms with E-state index in [-0.39, 0.29) is 22.2 Å². The number of hydrogen-bond acceptors (Lipinski definition) is 5. The van der Waals surface area contributed by atoms with Gasteiger partial charge >= 0.3 is 5.97 Å². The van der Waals surface area contributed by atoms with E-state index in [4.69, 9.17) is 27.9 Å². The number of carbonyl (C=O) groups excluding carboxylic acids is 2. The number of methoxy groups -OCH3 is 1. The summed E-state index contributed by atoms with van der Waals surface area (Å²) in [7, 11) is 1.28. The maximum absolute atomic E-state index is 12.6. The lowest BCUT2D eigenvalue weighted by atomic mass is 10.1. The van der Waals surface area contributed by atoms with Gasteiger partial charge in [-0.2, -0.15) is 5.26 Å². The van der Waals surface area contributed by atoms with E-state index in [9.17, 15) is 14.9 Å². The summed E-state index contributed by atoms with van der Waals surface area (Å²) < 4.78 is 11.5. The fraction of sp³-hybridized carbons (Fsp3) is 0.0800. The molecule has 0 saturated carbocycles. The molecule has 0 aliphatic heterocycles. The van der Waals surface area contributed by atoms with Gasteiger partial charge in [0.2, 0.25) is 0 Å². The number of rotatable bonds is 7. The highest BCUT2D eigenvalue weighted by Gasteiger charge is 2.14. The highest BCUT2D eigenvalue weighted by atomic mass is 127. The third kappa shape index (κ3) is 6.73. The molecule has 0 atom stereocenters. The van der Waals surface area contributed by atoms with Crippen molar-refractivity contribution in [2.75, 3.05) is 12.4 Å². The Morgan fingerprint density at radius 1 is 1.06 bits per heavy atom. The van der Waals surface area contributed by atoms with E-state index in [2.05, 4.69) is 32.6 Å². The molecule has 0 aliphatic rings. The van der Waals surface area contributed by atoms with Gasteiger partial charge in [0.1, 0.15) is 18.2 Å². The molecule has 1 N–H and O–H groups in total. The molecule has 3 aromatic rings. The molecule has 1 amide bonds. The van der Waals surface area contributed by atoms with Gasteiger partial charge in [0.05, 0.1) is 22.7 Å². The molecular weight excluding hydrogens is 590 g/mol. The Balaban J connectivity index is 1.73. The lowest BCUT2D eigenvalue weighted by molar-refractivity contribution is -0.112. The fourth-order valence-corrected chi connectivity index (χ4v) is 3.83. The van der Waals surface area contributed by atoms with E-state index in [1.807, 2.05) is 30.3 Å². The summed E-state index contributed by atoms with van der Waals surface area (Å²) >= 11 is 14.9. The van der Waals surface area contributed by atoms with Crippen LogP contribution in [0.1, 0.15) is 21.5 Å². The van der Waals surface area contributed by atoms with E-state index in [1.54, 1.807) is 12.1 Å². The van der Waals surface area contributed by atoms with Crippen molar-refractivity contribution in [3.8, 4) is 11.8 Å². The minimum atomic E-state index is -0.625. The van der Waals surface area contributed by atoms with Gasteiger partial charge in [0.15, 0.2) is 5.75 Å². The predicted molar refractivity (Wildman–Crippen MR) is 140 cm³/mol. The number of ether oxygens (including phenoxy) is 2. The van der Waals surface area contributed by atoms with Gasteiger partial charge in [0.25, 0.3) is 5.91 Å². The number of amides is 1. The van der Waals surface area contributed by atoms with Crippen molar-refractivity contribution in [3.63, 3.8) is 0 Å². The smallest absolute Gasteiger partial charge is 0.337 e. The summed E-state index contributed by atoms with van der Waals surface area (Å²) in [6.07, 6.45) is 1.37. The predicted octanol–water partition coefficient (Wildman–Crippen LogP) is 6.51. The molecule has 0 aliphatic carbocycles. The second kappa shape index (κ2) is 11.9. The summed E-state index contributed by atoms with van der Waals surface area (Å²) in [5.41, 5.74) is 2.01. The summed E-state index contributed by atoms with van der Waals surface area (Å²) in [5.74, 6) is -0.803. The van der Waals surface area contributed by atoms with Crippen LogP contribution < -0.4 is 10.1 Å². The first-order valence-electron chi connectivity index (χ1n) is 9.78. The number of benzene rings is 3. The Morgan fingerprint density at radius 3 is 2.24 bits per heavy atom. The zero-order valence-electron chi connectivity index (χ0n) is 17.8. The normalized spacial score (nSPS) is 10.9. The largest absolute Gasteiger partial charge is 0.486 e. The maximum atomic E-state index is 12.6. The molecule has 0 bridgehead atoms. The lowest BCUT2D eigenvalue weighted by Gasteiger charge is -2.11. The molecule has 0 aromatic heterocycles. The Hall–Kier alpha value is -3.06. The van der Waals surface area contributed by atoms with Crippen molar-refractivity contribution in [1.29, 1.82) is 5.26 Å². The number of halogens is 3. The number of nitriles is 1. The minimum absolute atomic E-state index is 0.156. The van der Waals surface area contributed by atoms with Crippen LogP contribution in [-0.4, -0.2) is 19.0 Å². The average Bonchev–Trinajstić information content (AvgIpc) is 2.83. The van der Waals surface area contributed by atoms with Crippen LogP contribution >= 0.6 is 45.8 Å². The van der Waals surface area contributed by atoms with Gasteiger partial charge in [-0.05, 0) is 88.3 Å². The number of nitrogens with one attached hydrogen (secondary N) is 1. The SMILES string of the molecule is COC(=O)c1ccc(NC(=O)/C(C#N)=C/c2cc(Cl)c(OCc3ccc(I)cc3)c(Cl)c2)cc1. The Morgan fingerprint density at radius 2 is 1.68 bits per heavy atom. The number of nitrogens with zero attached hydrogens (tertiary/aromatic N) is 1. The van der Waals surface area contributed by atoms with Gasteiger partial charge in [0, 0.05) is 9.26 Å². The lowest BCUT2D eigenvalue weighted by Crippen LogP contribution is -2.13. The molecule has 0 saturated heterocycles. The molecule has 0 heterocycles. The van der Waals surface area contributed by atoms with Crippen molar-refractivity contribution in [1.82, 2.24) is 0 Å². The molecule has 172 valence electrons. The molecule has 3 rings (SSSR count). The Bertz CT molecular complexity index is 1260. The summed E-state index contributed by atoms with van der Waals surface area (Å²) in [6, 6.07) is 18.9. The molecule has 6 nitrogen and oxygen atoms in total.